The number of rotatable bonds is 9. The number of nitrogens with two attached hydrogens (primary N) is 2. The van der Waals surface area contributed by atoms with Crippen LogP contribution in [-0.2, 0) is 14.3 Å². The lowest BCUT2D eigenvalue weighted by molar-refractivity contribution is -0.152. The van der Waals surface area contributed by atoms with Gasteiger partial charge >= 0.3 is 11.9 Å². The first-order valence-corrected chi connectivity index (χ1v) is 7.67. The number of carboxylic acid groups (broad SMARTS) is 1. The van der Waals surface area contributed by atoms with Crippen LogP contribution in [0.15, 0.2) is 30.3 Å². The average Bonchev–Trinajstić information content (AvgIpc) is 2.52. The number of carboxylic acids is 1. The molecule has 0 aliphatic rings. The van der Waals surface area contributed by atoms with Gasteiger partial charge in [-0.3, -0.25) is 20.1 Å². The summed E-state index contributed by atoms with van der Waals surface area (Å²) in [6, 6.07) is 7.65. The summed E-state index contributed by atoms with van der Waals surface area (Å²) in [5.74, 6) is -1.89. The van der Waals surface area contributed by atoms with Crippen molar-refractivity contribution in [3.63, 3.8) is 0 Å². The fraction of sp³-hybridized carbons (Fsp3) is 0.471. The maximum Gasteiger partial charge on any atom is 0.309 e. The Hall–Kier alpha value is -2.25. The maximum atomic E-state index is 12.1. The molecule has 24 heavy (non-hydrogen) atoms. The van der Waals surface area contributed by atoms with Gasteiger partial charge in [0.25, 0.3) is 0 Å². The van der Waals surface area contributed by atoms with E-state index in [2.05, 4.69) is 0 Å². The number of Topliss-reactive ketones (excluding diaryl/α,β-unsaturated/α-hetero) is 1. The molecule has 1 aromatic carbocycles. The summed E-state index contributed by atoms with van der Waals surface area (Å²) >= 11 is 0. The summed E-state index contributed by atoms with van der Waals surface area (Å²) < 4.78 is 5.00. The second-order valence-electron chi connectivity index (χ2n) is 6.29. The van der Waals surface area contributed by atoms with Crippen molar-refractivity contribution in [3.8, 4) is 0 Å². The molecule has 7 heteroatoms. The van der Waals surface area contributed by atoms with Crippen LogP contribution in [0.3, 0.4) is 0 Å². The van der Waals surface area contributed by atoms with Crippen LogP contribution in [0.4, 0.5) is 0 Å². The Balaban J connectivity index is 2.45. The van der Waals surface area contributed by atoms with Crippen LogP contribution in [0.5, 0.6) is 0 Å². The largest absolute Gasteiger partial charge is 0.481 e. The highest BCUT2D eigenvalue weighted by molar-refractivity contribution is 5.99. The number of ether oxygens (including phenoxy) is 1. The molecule has 2 unspecified atom stereocenters. The van der Waals surface area contributed by atoms with Crippen molar-refractivity contribution in [3.05, 3.63) is 35.9 Å². The number of carbonyl (C=O) groups is 3. The number of aliphatic carboxylic acids is 1. The highest BCUT2D eigenvalue weighted by Crippen LogP contribution is 2.22. The Morgan fingerprint density at radius 3 is 2.29 bits per heavy atom. The van der Waals surface area contributed by atoms with E-state index in [1.807, 2.05) is 0 Å². The van der Waals surface area contributed by atoms with E-state index in [0.717, 1.165) is 0 Å². The van der Waals surface area contributed by atoms with Crippen molar-refractivity contribution in [2.75, 3.05) is 0 Å². The lowest BCUT2D eigenvalue weighted by atomic mass is 9.88. The zero-order valence-electron chi connectivity index (χ0n) is 13.9. The van der Waals surface area contributed by atoms with Crippen molar-refractivity contribution >= 4 is 17.7 Å². The first-order valence-electron chi connectivity index (χ1n) is 7.67. The summed E-state index contributed by atoms with van der Waals surface area (Å²) in [7, 11) is 0. The summed E-state index contributed by atoms with van der Waals surface area (Å²) in [6.45, 7) is 3.05. The molecule has 0 heterocycles. The van der Waals surface area contributed by atoms with Crippen molar-refractivity contribution in [1.29, 1.82) is 0 Å². The molecule has 0 aliphatic carbocycles. The van der Waals surface area contributed by atoms with E-state index < -0.39 is 29.6 Å². The van der Waals surface area contributed by atoms with Crippen LogP contribution in [0.25, 0.3) is 0 Å². The van der Waals surface area contributed by atoms with Gasteiger partial charge in [0.05, 0.1) is 11.5 Å². The summed E-state index contributed by atoms with van der Waals surface area (Å²) in [5.41, 5.74) is 10.9. The summed E-state index contributed by atoms with van der Waals surface area (Å²) in [4.78, 5) is 34.8. The molecule has 2 atom stereocenters. The molecule has 0 spiro atoms. The van der Waals surface area contributed by atoms with Gasteiger partial charge in [0, 0.05) is 18.4 Å². The number of esters is 1. The molecule has 0 saturated heterocycles. The fourth-order valence-electron chi connectivity index (χ4n) is 1.97. The molecule has 0 amide bonds. The third-order valence-electron chi connectivity index (χ3n) is 3.70. The minimum atomic E-state index is -1.03. The molecule has 0 aromatic heterocycles. The van der Waals surface area contributed by atoms with Gasteiger partial charge in [-0.1, -0.05) is 30.3 Å². The van der Waals surface area contributed by atoms with Crippen molar-refractivity contribution in [2.45, 2.75) is 45.4 Å². The molecule has 1 rings (SSSR count). The lowest BCUT2D eigenvalue weighted by Gasteiger charge is -2.20. The first-order chi connectivity index (χ1) is 11.1. The van der Waals surface area contributed by atoms with E-state index in [4.69, 9.17) is 21.3 Å². The van der Waals surface area contributed by atoms with Gasteiger partial charge in [-0.05, 0) is 20.3 Å². The number of benzene rings is 1. The molecule has 0 fully saturated rings. The van der Waals surface area contributed by atoms with E-state index in [9.17, 15) is 14.4 Å². The smallest absolute Gasteiger partial charge is 0.309 e. The highest BCUT2D eigenvalue weighted by atomic mass is 16.6. The molecule has 132 valence electrons. The van der Waals surface area contributed by atoms with Crippen LogP contribution < -0.4 is 11.5 Å². The van der Waals surface area contributed by atoms with Gasteiger partial charge in [0.2, 0.25) is 0 Å². The monoisotopic (exact) mass is 336 g/mol. The molecule has 0 saturated carbocycles. The van der Waals surface area contributed by atoms with Crippen LogP contribution >= 0.6 is 0 Å². The molecule has 5 N–H and O–H groups in total. The molecule has 1 aromatic rings. The molecule has 0 radical (unpaired) electrons. The standard InChI is InChI=1S/C17H24N2O5/c1-17(2,16(22)23)9-8-14(20)24-13(19)10-12(18)15(21)11-6-4-3-5-7-11/h3-7,12-13H,8-10,18-19H2,1-2H3,(H,22,23). The third-order valence-corrected chi connectivity index (χ3v) is 3.70. The Kier molecular flexibility index (Phi) is 7.06. The Labute approximate surface area is 141 Å². The number of carbonyl (C=O) groups excluding carboxylic acids is 2. The minimum absolute atomic E-state index is 0.0121. The van der Waals surface area contributed by atoms with Gasteiger partial charge in [-0.2, -0.15) is 0 Å². The molecule has 0 bridgehead atoms. The summed E-state index contributed by atoms with van der Waals surface area (Å²) in [6.07, 6.45) is -0.979. The quantitative estimate of drug-likeness (QED) is 0.352. The van der Waals surface area contributed by atoms with E-state index in [0.29, 0.717) is 5.56 Å². The number of hydrogen-bond acceptors (Lipinski definition) is 6. The lowest BCUT2D eigenvalue weighted by Crippen LogP contribution is -2.39. The second-order valence-corrected chi connectivity index (χ2v) is 6.29. The SMILES string of the molecule is CC(C)(CCC(=O)OC(N)CC(N)C(=O)c1ccccc1)C(=O)O. The minimum Gasteiger partial charge on any atom is -0.481 e. The highest BCUT2D eigenvalue weighted by Gasteiger charge is 2.28. The van der Waals surface area contributed by atoms with Gasteiger partial charge in [-0.25, -0.2) is 0 Å². The molecular weight excluding hydrogens is 312 g/mol. The predicted molar refractivity (Wildman–Crippen MR) is 88.1 cm³/mol. The predicted octanol–water partition coefficient (Wildman–Crippen LogP) is 1.31. The topological polar surface area (TPSA) is 133 Å². The summed E-state index contributed by atoms with van der Waals surface area (Å²) in [5, 5.41) is 8.99. The average molecular weight is 336 g/mol. The Morgan fingerprint density at radius 1 is 1.17 bits per heavy atom. The number of ketones is 1. The van der Waals surface area contributed by atoms with Crippen molar-refractivity contribution in [2.24, 2.45) is 16.9 Å². The number of hydrogen-bond donors (Lipinski definition) is 3. The molecular formula is C17H24N2O5. The van der Waals surface area contributed by atoms with Gasteiger partial charge in [0.15, 0.2) is 12.0 Å². The molecule has 0 aliphatic heterocycles. The van der Waals surface area contributed by atoms with Gasteiger partial charge in [0.1, 0.15) is 0 Å². The molecule has 7 nitrogen and oxygen atoms in total. The Bertz CT molecular complexity index is 586. The van der Waals surface area contributed by atoms with Crippen LogP contribution in [-0.4, -0.2) is 35.1 Å². The Morgan fingerprint density at radius 2 is 1.75 bits per heavy atom. The van der Waals surface area contributed by atoms with E-state index >= 15 is 0 Å². The first kappa shape index (κ1) is 19.8. The van der Waals surface area contributed by atoms with E-state index in [-0.39, 0.29) is 25.0 Å². The van der Waals surface area contributed by atoms with Crippen LogP contribution in [0.2, 0.25) is 0 Å². The van der Waals surface area contributed by atoms with Crippen molar-refractivity contribution < 1.29 is 24.2 Å². The second kappa shape index (κ2) is 8.56. The van der Waals surface area contributed by atoms with Crippen LogP contribution in [0.1, 0.15) is 43.5 Å². The van der Waals surface area contributed by atoms with Crippen molar-refractivity contribution in [1.82, 2.24) is 0 Å². The zero-order valence-corrected chi connectivity index (χ0v) is 13.9. The fourth-order valence-corrected chi connectivity index (χ4v) is 1.97. The maximum absolute atomic E-state index is 12.1. The normalized spacial score (nSPS) is 13.8. The van der Waals surface area contributed by atoms with Gasteiger partial charge in [-0.15, -0.1) is 0 Å². The van der Waals surface area contributed by atoms with Gasteiger partial charge < -0.3 is 15.6 Å². The van der Waals surface area contributed by atoms with E-state index in [1.54, 1.807) is 30.3 Å². The van der Waals surface area contributed by atoms with Crippen LogP contribution in [0, 0.1) is 5.41 Å². The van der Waals surface area contributed by atoms with E-state index in [1.165, 1.54) is 13.8 Å². The third kappa shape index (κ3) is 6.10. The zero-order chi connectivity index (χ0) is 18.3.